The van der Waals surface area contributed by atoms with Gasteiger partial charge in [0.25, 0.3) is 0 Å². The van der Waals surface area contributed by atoms with Crippen molar-refractivity contribution in [2.24, 2.45) is 0 Å². The number of hydrogen-bond donors (Lipinski definition) is 0. The second kappa shape index (κ2) is 16.6. The van der Waals surface area contributed by atoms with Crippen LogP contribution in [0.5, 0.6) is 0 Å². The van der Waals surface area contributed by atoms with E-state index in [9.17, 15) is 4.79 Å². The Morgan fingerprint density at radius 1 is 1.07 bits per heavy atom. The first kappa shape index (κ1) is 20.6. The molecule has 14 heavy (non-hydrogen) atoms. The van der Waals surface area contributed by atoms with Gasteiger partial charge in [0.2, 0.25) is 0 Å². The lowest BCUT2D eigenvalue weighted by Gasteiger charge is -1.89. The smallest absolute Gasteiger partial charge is 0.302 e. The van der Waals surface area contributed by atoms with Gasteiger partial charge in [-0.25, -0.2) is 0 Å². The molecular formula is C6H10Cl6O2. The van der Waals surface area contributed by atoms with Gasteiger partial charge in [-0.2, -0.15) is 0 Å². The van der Waals surface area contributed by atoms with Crippen LogP contribution in [0, 0.1) is 0 Å². The molecular weight excluding hydrogens is 317 g/mol. The first-order valence-corrected chi connectivity index (χ1v) is 5.83. The summed E-state index contributed by atoms with van der Waals surface area (Å²) >= 11 is 28.8. The number of ether oxygens (including phenoxy) is 1. The SMILES string of the molecule is CCOC(C)=O.ClC(Cl)Cl.ClC(Cl)Cl. The Balaban J connectivity index is -0.000000135. The van der Waals surface area contributed by atoms with E-state index in [1.165, 1.54) is 6.92 Å². The number of alkyl halides is 6. The van der Waals surface area contributed by atoms with E-state index >= 15 is 0 Å². The van der Waals surface area contributed by atoms with Crippen molar-refractivity contribution in [3.8, 4) is 0 Å². The third-order valence-corrected chi connectivity index (χ3v) is 0.348. The van der Waals surface area contributed by atoms with Crippen LogP contribution in [0.3, 0.4) is 0 Å². The second-order valence-electron chi connectivity index (χ2n) is 1.42. The first-order valence-electron chi connectivity index (χ1n) is 3.21. The van der Waals surface area contributed by atoms with E-state index in [2.05, 4.69) is 4.74 Å². The predicted octanol–water partition coefficient (Wildman–Crippen LogP) is 4.54. The second-order valence-corrected chi connectivity index (χ2v) is 5.38. The van der Waals surface area contributed by atoms with Gasteiger partial charge < -0.3 is 4.74 Å². The summed E-state index contributed by atoms with van der Waals surface area (Å²) in [5.41, 5.74) is 0. The molecule has 0 aliphatic carbocycles. The molecule has 0 aromatic carbocycles. The molecule has 0 unspecified atom stereocenters. The van der Waals surface area contributed by atoms with E-state index in [0.717, 1.165) is 0 Å². The maximum absolute atomic E-state index is 9.82. The Kier molecular flexibility index (Phi) is 24.5. The van der Waals surface area contributed by atoms with Gasteiger partial charge in [-0.1, -0.05) is 69.6 Å². The zero-order valence-corrected chi connectivity index (χ0v) is 12.0. The molecule has 0 bridgehead atoms. The fourth-order valence-electron chi connectivity index (χ4n) is 0.203. The highest BCUT2D eigenvalue weighted by Crippen LogP contribution is 2.04. The van der Waals surface area contributed by atoms with Crippen LogP contribution >= 0.6 is 69.6 Å². The summed E-state index contributed by atoms with van der Waals surface area (Å²) in [6, 6.07) is 0. The quantitative estimate of drug-likeness (QED) is 0.522. The summed E-state index contributed by atoms with van der Waals surface area (Å²) < 4.78 is 2.90. The predicted molar refractivity (Wildman–Crippen MR) is 65.0 cm³/mol. The van der Waals surface area contributed by atoms with Crippen LogP contribution < -0.4 is 0 Å². The van der Waals surface area contributed by atoms with Crippen LogP contribution in [0.15, 0.2) is 0 Å². The van der Waals surface area contributed by atoms with Crippen molar-refractivity contribution in [1.82, 2.24) is 0 Å². The minimum atomic E-state index is -0.750. The summed E-state index contributed by atoms with van der Waals surface area (Å²) in [5.74, 6) is -0.211. The number of esters is 1. The Morgan fingerprint density at radius 2 is 1.29 bits per heavy atom. The lowest BCUT2D eigenvalue weighted by Crippen LogP contribution is -1.95. The normalized spacial score (nSPS) is 8.43. The topological polar surface area (TPSA) is 26.3 Å². The van der Waals surface area contributed by atoms with E-state index in [4.69, 9.17) is 69.6 Å². The molecule has 0 radical (unpaired) electrons. The molecule has 0 aromatic rings. The molecule has 0 heterocycles. The molecule has 0 N–H and O–H groups in total. The van der Waals surface area contributed by atoms with Crippen molar-refractivity contribution in [3.63, 3.8) is 0 Å². The molecule has 0 saturated carbocycles. The largest absolute Gasteiger partial charge is 0.466 e. The van der Waals surface area contributed by atoms with Crippen molar-refractivity contribution in [1.29, 1.82) is 0 Å². The van der Waals surface area contributed by atoms with Crippen molar-refractivity contribution in [2.45, 2.75) is 22.4 Å². The summed E-state index contributed by atoms with van der Waals surface area (Å²) in [6.45, 7) is 3.65. The molecule has 0 rings (SSSR count). The fraction of sp³-hybridized carbons (Fsp3) is 0.833. The van der Waals surface area contributed by atoms with Gasteiger partial charge in [-0.3, -0.25) is 4.79 Å². The van der Waals surface area contributed by atoms with Gasteiger partial charge in [-0.05, 0) is 6.92 Å². The Morgan fingerprint density at radius 3 is 1.29 bits per heavy atom. The van der Waals surface area contributed by atoms with Crippen LogP contribution in [0.25, 0.3) is 0 Å². The Labute approximate surface area is 114 Å². The molecule has 0 aromatic heterocycles. The van der Waals surface area contributed by atoms with Crippen molar-refractivity contribution in [2.75, 3.05) is 6.61 Å². The third-order valence-electron chi connectivity index (χ3n) is 0.348. The average Bonchev–Trinajstić information content (AvgIpc) is 1.82. The molecule has 0 amide bonds. The number of hydrogen-bond acceptors (Lipinski definition) is 2. The van der Waals surface area contributed by atoms with E-state index in [-0.39, 0.29) is 5.97 Å². The Bertz CT molecular complexity index is 107. The number of carbonyl (C=O) groups excluding carboxylic acids is 1. The monoisotopic (exact) mass is 324 g/mol. The molecule has 0 spiro atoms. The van der Waals surface area contributed by atoms with Crippen LogP contribution in [0.1, 0.15) is 13.8 Å². The highest BCUT2D eigenvalue weighted by molar-refractivity contribution is 6.63. The summed E-state index contributed by atoms with van der Waals surface area (Å²) in [7, 11) is 0. The maximum Gasteiger partial charge on any atom is 0.302 e. The van der Waals surface area contributed by atoms with Crippen LogP contribution in [0.4, 0.5) is 0 Å². The van der Waals surface area contributed by atoms with E-state index < -0.39 is 8.59 Å². The first-order chi connectivity index (χ1) is 6.23. The lowest BCUT2D eigenvalue weighted by atomic mass is 10.8. The molecule has 0 aliphatic rings. The zero-order valence-electron chi connectivity index (χ0n) is 7.45. The van der Waals surface area contributed by atoms with Crippen LogP contribution in [-0.2, 0) is 9.53 Å². The van der Waals surface area contributed by atoms with E-state index in [1.807, 2.05) is 0 Å². The van der Waals surface area contributed by atoms with E-state index in [0.29, 0.717) is 6.61 Å². The molecule has 0 atom stereocenters. The third kappa shape index (κ3) is 111. The van der Waals surface area contributed by atoms with Crippen molar-refractivity contribution >= 4 is 75.6 Å². The fourth-order valence-corrected chi connectivity index (χ4v) is 0.203. The standard InChI is InChI=1S/C4H8O2.2CHCl3/c1-3-6-4(2)5;2*2-1(3)4/h3H2,1-2H3;2*1H. The van der Waals surface area contributed by atoms with Gasteiger partial charge in [0.05, 0.1) is 6.61 Å². The average molecular weight is 327 g/mol. The molecule has 0 aliphatic heterocycles. The molecule has 0 fully saturated rings. The van der Waals surface area contributed by atoms with Gasteiger partial charge in [0.15, 0.2) is 8.59 Å². The minimum Gasteiger partial charge on any atom is -0.466 e. The van der Waals surface area contributed by atoms with Gasteiger partial charge in [0, 0.05) is 6.92 Å². The van der Waals surface area contributed by atoms with Gasteiger partial charge >= 0.3 is 5.97 Å². The van der Waals surface area contributed by atoms with Crippen LogP contribution in [0.2, 0.25) is 0 Å². The summed E-state index contributed by atoms with van der Waals surface area (Å²) in [6.07, 6.45) is 0. The molecule has 0 saturated heterocycles. The number of halogens is 6. The number of rotatable bonds is 1. The molecule has 8 heteroatoms. The highest BCUT2D eigenvalue weighted by atomic mass is 35.6. The van der Waals surface area contributed by atoms with Gasteiger partial charge in [-0.15, -0.1) is 0 Å². The molecule has 2 nitrogen and oxygen atoms in total. The molecule has 88 valence electrons. The van der Waals surface area contributed by atoms with E-state index in [1.54, 1.807) is 6.92 Å². The van der Waals surface area contributed by atoms with Crippen molar-refractivity contribution < 1.29 is 9.53 Å². The summed E-state index contributed by atoms with van der Waals surface area (Å²) in [4.78, 5) is 9.82. The Hall–Kier alpha value is 1.21. The minimum absolute atomic E-state index is 0.211. The van der Waals surface area contributed by atoms with Crippen LogP contribution in [-0.4, -0.2) is 21.2 Å². The van der Waals surface area contributed by atoms with Crippen molar-refractivity contribution in [3.05, 3.63) is 0 Å². The summed E-state index contributed by atoms with van der Waals surface area (Å²) in [5, 5.41) is 0. The van der Waals surface area contributed by atoms with Gasteiger partial charge in [0.1, 0.15) is 0 Å². The lowest BCUT2D eigenvalue weighted by molar-refractivity contribution is -0.140. The zero-order chi connectivity index (χ0) is 12.1. The number of carbonyl (C=O) groups is 1. The maximum atomic E-state index is 9.82. The highest BCUT2D eigenvalue weighted by Gasteiger charge is 1.81.